The first-order valence-electron chi connectivity index (χ1n) is 1.82. The van der Waals surface area contributed by atoms with E-state index in [0.717, 1.165) is 0 Å². The summed E-state index contributed by atoms with van der Waals surface area (Å²) in [5, 5.41) is -0.469. The van der Waals surface area contributed by atoms with Crippen LogP contribution in [0.2, 0.25) is 0 Å². The third kappa shape index (κ3) is 6.28. The summed E-state index contributed by atoms with van der Waals surface area (Å²) in [6.45, 7) is 0. The minimum atomic E-state index is -0.469. The summed E-state index contributed by atoms with van der Waals surface area (Å²) in [6.07, 6.45) is 1.42. The van der Waals surface area contributed by atoms with Crippen LogP contribution in [0.5, 0.6) is 0 Å². The van der Waals surface area contributed by atoms with Crippen LogP contribution in [0.4, 0.5) is 0 Å². The third-order valence-electron chi connectivity index (χ3n) is 0.417. The molecule has 4 heteroatoms. The van der Waals surface area contributed by atoms with E-state index >= 15 is 0 Å². The van der Waals surface area contributed by atoms with E-state index in [1.165, 1.54) is 6.08 Å². The van der Waals surface area contributed by atoms with Gasteiger partial charge >= 0.3 is 0 Å². The second-order valence-electron chi connectivity index (χ2n) is 1.05. The van der Waals surface area contributed by atoms with Crippen molar-refractivity contribution in [2.24, 2.45) is 0 Å². The van der Waals surface area contributed by atoms with Crippen LogP contribution in [0.3, 0.4) is 0 Å². The Morgan fingerprint density at radius 3 is 2.00 bits per heavy atom. The molecule has 0 amide bonds. The van der Waals surface area contributed by atoms with Crippen molar-refractivity contribution < 1.29 is 4.79 Å². The van der Waals surface area contributed by atoms with E-state index in [1.54, 1.807) is 0 Å². The zero-order valence-corrected chi connectivity index (χ0v) is 6.09. The van der Waals surface area contributed by atoms with Crippen LogP contribution in [0.1, 0.15) is 6.42 Å². The largest absolute Gasteiger partial charge is 0.281 e. The van der Waals surface area contributed by atoms with E-state index in [9.17, 15) is 4.79 Å². The highest BCUT2D eigenvalue weighted by atomic mass is 35.5. The second kappa shape index (κ2) is 4.19. The molecule has 0 rings (SSSR count). The summed E-state index contributed by atoms with van der Waals surface area (Å²) in [6, 6.07) is 0. The number of hydrogen-bond donors (Lipinski definition) is 0. The van der Waals surface area contributed by atoms with Crippen LogP contribution in [-0.4, -0.2) is 5.24 Å². The van der Waals surface area contributed by atoms with Gasteiger partial charge in [0.25, 0.3) is 0 Å². The Labute approximate surface area is 62.2 Å². The van der Waals surface area contributed by atoms with Gasteiger partial charge in [0, 0.05) is 6.42 Å². The number of halogens is 3. The predicted molar refractivity (Wildman–Crippen MR) is 35.3 cm³/mol. The molecule has 0 N–H and O–H groups in total. The van der Waals surface area contributed by atoms with Crippen LogP contribution in [0.25, 0.3) is 0 Å². The van der Waals surface area contributed by atoms with Crippen LogP contribution >= 0.6 is 34.8 Å². The summed E-state index contributed by atoms with van der Waals surface area (Å²) in [5.41, 5.74) is 0. The minimum Gasteiger partial charge on any atom is -0.281 e. The molecule has 8 heavy (non-hydrogen) atoms. The van der Waals surface area contributed by atoms with Crippen molar-refractivity contribution in [2.75, 3.05) is 0 Å². The highest BCUT2D eigenvalue weighted by Crippen LogP contribution is 2.07. The van der Waals surface area contributed by atoms with Crippen LogP contribution < -0.4 is 0 Å². The fourth-order valence-electron chi connectivity index (χ4n) is 0.157. The molecule has 0 radical (unpaired) electrons. The average Bonchev–Trinajstić information content (AvgIpc) is 1.61. The van der Waals surface area contributed by atoms with E-state index in [4.69, 9.17) is 34.8 Å². The molecule has 0 bridgehead atoms. The number of carbonyl (C=O) groups is 1. The third-order valence-corrected chi connectivity index (χ3v) is 0.880. The van der Waals surface area contributed by atoms with Crippen molar-refractivity contribution in [3.63, 3.8) is 0 Å². The van der Waals surface area contributed by atoms with Gasteiger partial charge in [0.1, 0.15) is 4.49 Å². The van der Waals surface area contributed by atoms with Crippen molar-refractivity contribution in [2.45, 2.75) is 6.42 Å². The molecule has 0 fully saturated rings. The molecule has 0 saturated carbocycles. The van der Waals surface area contributed by atoms with Gasteiger partial charge in [-0.2, -0.15) is 0 Å². The Hall–Kier alpha value is 0.280. The molecule has 0 unspecified atom stereocenters. The Bertz CT molecular complexity index is 114. The zero-order valence-electron chi connectivity index (χ0n) is 3.83. The number of allylic oxidation sites excluding steroid dienone is 1. The van der Waals surface area contributed by atoms with Crippen molar-refractivity contribution in [1.29, 1.82) is 0 Å². The lowest BCUT2D eigenvalue weighted by Gasteiger charge is -1.79. The Morgan fingerprint density at radius 1 is 1.38 bits per heavy atom. The normalized spacial score (nSPS) is 8.38. The lowest BCUT2D eigenvalue weighted by Crippen LogP contribution is -1.78. The van der Waals surface area contributed by atoms with Crippen molar-refractivity contribution >= 4 is 40.0 Å². The maximum absolute atomic E-state index is 9.95. The van der Waals surface area contributed by atoms with Gasteiger partial charge in [-0.25, -0.2) is 0 Å². The van der Waals surface area contributed by atoms with Crippen LogP contribution in [-0.2, 0) is 4.79 Å². The number of rotatable bonds is 2. The molecule has 0 atom stereocenters. The molecule has 0 aliphatic carbocycles. The summed E-state index contributed by atoms with van der Waals surface area (Å²) in [5.74, 6) is 0. The second-order valence-corrected chi connectivity index (χ2v) is 2.48. The van der Waals surface area contributed by atoms with Gasteiger partial charge in [-0.3, -0.25) is 4.79 Å². The fraction of sp³-hybridized carbons (Fsp3) is 0.250. The molecule has 0 spiro atoms. The molecule has 0 aliphatic heterocycles. The van der Waals surface area contributed by atoms with E-state index in [-0.39, 0.29) is 10.9 Å². The van der Waals surface area contributed by atoms with Gasteiger partial charge in [-0.15, -0.1) is 0 Å². The van der Waals surface area contributed by atoms with Crippen LogP contribution in [0.15, 0.2) is 10.6 Å². The topological polar surface area (TPSA) is 17.1 Å². The van der Waals surface area contributed by atoms with Gasteiger partial charge in [-0.1, -0.05) is 23.2 Å². The highest BCUT2D eigenvalue weighted by Gasteiger charge is 1.90. The Balaban J connectivity index is 3.45. The standard InChI is InChI=1S/C4H3Cl3O/c5-3(6)1-2-4(7)8/h1H,2H2. The summed E-state index contributed by atoms with van der Waals surface area (Å²) in [4.78, 5) is 9.95. The zero-order chi connectivity index (χ0) is 6.57. The SMILES string of the molecule is O=C(Cl)CC=C(Cl)Cl. The fourth-order valence-corrected chi connectivity index (χ4v) is 0.389. The first-order valence-corrected chi connectivity index (χ1v) is 2.96. The van der Waals surface area contributed by atoms with E-state index in [1.807, 2.05) is 0 Å². The van der Waals surface area contributed by atoms with Crippen molar-refractivity contribution in [3.8, 4) is 0 Å². The van der Waals surface area contributed by atoms with Gasteiger partial charge in [0.2, 0.25) is 5.24 Å². The van der Waals surface area contributed by atoms with E-state index < -0.39 is 5.24 Å². The lowest BCUT2D eigenvalue weighted by molar-refractivity contribution is -0.110. The molecule has 0 aromatic rings. The summed E-state index contributed by atoms with van der Waals surface area (Å²) in [7, 11) is 0. The van der Waals surface area contributed by atoms with Gasteiger partial charge in [0.05, 0.1) is 0 Å². The smallest absolute Gasteiger partial charge is 0.225 e. The Morgan fingerprint density at radius 2 is 1.88 bits per heavy atom. The molecule has 46 valence electrons. The van der Waals surface area contributed by atoms with Crippen molar-refractivity contribution in [3.05, 3.63) is 10.6 Å². The molecule has 1 nitrogen and oxygen atoms in total. The predicted octanol–water partition coefficient (Wildman–Crippen LogP) is 2.46. The summed E-state index contributed by atoms with van der Waals surface area (Å²) < 4.78 is 0.0685. The molecular weight excluding hydrogens is 170 g/mol. The maximum Gasteiger partial charge on any atom is 0.225 e. The van der Waals surface area contributed by atoms with Gasteiger partial charge < -0.3 is 0 Å². The van der Waals surface area contributed by atoms with Crippen LogP contribution in [0, 0.1) is 0 Å². The molecule has 0 heterocycles. The molecule has 0 aromatic heterocycles. The monoisotopic (exact) mass is 172 g/mol. The molecular formula is C4H3Cl3O. The van der Waals surface area contributed by atoms with Crippen molar-refractivity contribution in [1.82, 2.24) is 0 Å². The number of hydrogen-bond acceptors (Lipinski definition) is 1. The average molecular weight is 173 g/mol. The van der Waals surface area contributed by atoms with E-state index in [0.29, 0.717) is 0 Å². The lowest BCUT2D eigenvalue weighted by atomic mass is 10.5. The van der Waals surface area contributed by atoms with Gasteiger partial charge in [0.15, 0.2) is 0 Å². The minimum absolute atomic E-state index is 0.0685. The molecule has 0 aliphatic rings. The first-order chi connectivity index (χ1) is 3.63. The quantitative estimate of drug-likeness (QED) is 0.586. The van der Waals surface area contributed by atoms with E-state index in [2.05, 4.69) is 0 Å². The number of carbonyl (C=O) groups excluding carboxylic acids is 1. The summed E-state index contributed by atoms with van der Waals surface area (Å²) >= 11 is 15.2. The maximum atomic E-state index is 9.95. The highest BCUT2D eigenvalue weighted by molar-refractivity contribution is 6.64. The molecule has 0 saturated heterocycles. The molecule has 0 aromatic carbocycles. The van der Waals surface area contributed by atoms with Gasteiger partial charge in [-0.05, 0) is 17.7 Å². The first kappa shape index (κ1) is 8.28. The Kier molecular flexibility index (Phi) is 4.33.